The van der Waals surface area contributed by atoms with Crippen LogP contribution in [0.3, 0.4) is 0 Å². The van der Waals surface area contributed by atoms with Crippen molar-refractivity contribution in [1.82, 2.24) is 4.98 Å². The van der Waals surface area contributed by atoms with Gasteiger partial charge in [0.1, 0.15) is 28.4 Å². The number of ether oxygens (including phenoxy) is 3. The summed E-state index contributed by atoms with van der Waals surface area (Å²) in [5, 5.41) is 48.0. The minimum Gasteiger partial charge on any atom is -0.507 e. The molecule has 0 spiro atoms. The van der Waals surface area contributed by atoms with Crippen molar-refractivity contribution in [3.05, 3.63) is 80.2 Å². The first-order valence-corrected chi connectivity index (χ1v) is 19.1. The van der Waals surface area contributed by atoms with Crippen LogP contribution in [0.1, 0.15) is 74.2 Å². The number of carbonyl (C=O) groups is 2. The molecule has 2 aromatic carbocycles. The first-order valence-electron chi connectivity index (χ1n) is 19.1. The topological polar surface area (TPSA) is 198 Å². The quantitative estimate of drug-likeness (QED) is 0.107. The Bertz CT molecular complexity index is 2410. The van der Waals surface area contributed by atoms with Crippen molar-refractivity contribution in [3.8, 4) is 23.0 Å². The summed E-state index contributed by atoms with van der Waals surface area (Å²) in [5.74, 6) is -6.32. The number of hydrogen-bond donors (Lipinski definition) is 5. The zero-order valence-electron chi connectivity index (χ0n) is 34.2. The highest BCUT2D eigenvalue weighted by Gasteiger charge is 2.50. The van der Waals surface area contributed by atoms with E-state index in [1.165, 1.54) is 39.4 Å². The number of aromatic hydroxyl groups is 1. The molecule has 4 aliphatic rings. The molecule has 0 radical (unpaired) electrons. The number of methoxy groups -OCH3 is 1. The largest absolute Gasteiger partial charge is 0.507 e. The molecule has 3 aliphatic heterocycles. The van der Waals surface area contributed by atoms with E-state index in [1.807, 2.05) is 26.8 Å². The molecule has 13 nitrogen and oxygen atoms in total. The Morgan fingerprint density at radius 2 is 1.51 bits per heavy atom. The first kappa shape index (κ1) is 41.6. The number of allylic oxidation sites excluding steroid dienone is 2. The number of phenols is 1. The van der Waals surface area contributed by atoms with E-state index in [0.717, 1.165) is 16.7 Å². The second-order valence-electron chi connectivity index (χ2n) is 16.0. The smallest absolute Gasteiger partial charge is 0.312 e. The summed E-state index contributed by atoms with van der Waals surface area (Å²) >= 11 is 0. The highest BCUT2D eigenvalue weighted by atomic mass is 16.7. The third-order valence-electron chi connectivity index (χ3n) is 12.1. The van der Waals surface area contributed by atoms with Gasteiger partial charge < -0.3 is 44.4 Å². The van der Waals surface area contributed by atoms with E-state index in [2.05, 4.69) is 5.32 Å². The Labute approximate surface area is 331 Å². The number of amides is 1. The minimum absolute atomic E-state index is 0.0198. The molecule has 2 aromatic rings. The standard InChI is InChI=1S/C44H52N2O11/c1-18-13-12-14-19(2)43(53)46-33-38(51)29-28(32-41(33)56-40-22(5)20(3)17-21(4)31(40)45-32)30-39(26(9)37(29)50)57-44(10,42(30)52)55-16-15-27(54-11)23(6)35(48)25(8)36(49)24(7)34(18)47/h12-18,23-25,27,34-36,47-50H,1-11H3,(H,46,53)/b13-12+,16-15+,19-14-/t18-,23+,24+,25-,27-,34-,35+,36+,44-/m0/s1. The number of hydrogen-bond acceptors (Lipinski definition) is 12. The Morgan fingerprint density at radius 1 is 0.860 bits per heavy atom. The predicted molar refractivity (Wildman–Crippen MR) is 216 cm³/mol. The minimum atomic E-state index is -1.99. The maximum absolute atomic E-state index is 14.6. The summed E-state index contributed by atoms with van der Waals surface area (Å²) in [6.07, 6.45) is 3.60. The predicted octanol–water partition coefficient (Wildman–Crippen LogP) is 6.30. The highest BCUT2D eigenvalue weighted by molar-refractivity contribution is 6.22. The molecule has 1 amide bonds. The first-order chi connectivity index (χ1) is 26.7. The van der Waals surface area contributed by atoms with E-state index in [4.69, 9.17) is 23.6 Å². The van der Waals surface area contributed by atoms with Gasteiger partial charge in [-0.3, -0.25) is 14.4 Å². The Hall–Kier alpha value is -5.08. The van der Waals surface area contributed by atoms with Gasteiger partial charge in [-0.25, -0.2) is 4.98 Å². The number of anilines is 1. The molecule has 3 heterocycles. The van der Waals surface area contributed by atoms with Crippen molar-refractivity contribution in [2.75, 3.05) is 12.4 Å². The summed E-state index contributed by atoms with van der Waals surface area (Å²) in [6.45, 7) is 17.0. The van der Waals surface area contributed by atoms with Crippen molar-refractivity contribution in [2.24, 2.45) is 23.7 Å². The van der Waals surface area contributed by atoms with Gasteiger partial charge in [-0.1, -0.05) is 52.0 Å². The number of aromatic nitrogens is 1. The zero-order valence-corrected chi connectivity index (χ0v) is 34.2. The molecule has 6 rings (SSSR count). The van der Waals surface area contributed by atoms with Gasteiger partial charge in [0.05, 0.1) is 41.6 Å². The Balaban J connectivity index is 1.62. The van der Waals surface area contributed by atoms with Crippen molar-refractivity contribution in [3.63, 3.8) is 0 Å². The molecule has 57 heavy (non-hydrogen) atoms. The van der Waals surface area contributed by atoms with Crippen molar-refractivity contribution < 1.29 is 48.6 Å². The van der Waals surface area contributed by atoms with Gasteiger partial charge in [0.25, 0.3) is 11.7 Å². The number of nitrogens with zero attached hydrogens (tertiary/aromatic N) is 1. The third kappa shape index (κ3) is 6.90. The second kappa shape index (κ2) is 15.4. The molecule has 304 valence electrons. The average molecular weight is 785 g/mol. The number of aliphatic hydroxyl groups is 3. The monoisotopic (exact) mass is 784 g/mol. The van der Waals surface area contributed by atoms with Crippen LogP contribution in [0.2, 0.25) is 0 Å². The summed E-state index contributed by atoms with van der Waals surface area (Å²) < 4.78 is 24.4. The molecule has 9 atom stereocenters. The normalized spacial score (nSPS) is 30.9. The lowest BCUT2D eigenvalue weighted by Gasteiger charge is -2.36. The van der Waals surface area contributed by atoms with E-state index < -0.39 is 76.7 Å². The van der Waals surface area contributed by atoms with E-state index in [1.54, 1.807) is 46.8 Å². The number of fused-ring (bicyclic) bond motifs is 2. The van der Waals surface area contributed by atoms with Gasteiger partial charge in [0.15, 0.2) is 11.3 Å². The van der Waals surface area contributed by atoms with Crippen LogP contribution in [0.25, 0.3) is 33.3 Å². The summed E-state index contributed by atoms with van der Waals surface area (Å²) in [5.41, 5.74) is 2.41. The van der Waals surface area contributed by atoms with E-state index in [-0.39, 0.29) is 50.4 Å². The van der Waals surface area contributed by atoms with Crippen LogP contribution in [0, 0.1) is 51.4 Å². The number of nitrogens with one attached hydrogen (secondary N) is 1. The Morgan fingerprint density at radius 3 is 2.18 bits per heavy atom. The van der Waals surface area contributed by atoms with Crippen LogP contribution in [0.15, 0.2) is 51.4 Å². The van der Waals surface area contributed by atoms with E-state index in [9.17, 15) is 34.8 Å². The number of rotatable bonds is 1. The van der Waals surface area contributed by atoms with Crippen LogP contribution in [0.5, 0.6) is 11.5 Å². The molecule has 4 bridgehead atoms. The molecule has 0 fully saturated rings. The van der Waals surface area contributed by atoms with Gasteiger partial charge in [0, 0.05) is 54.2 Å². The van der Waals surface area contributed by atoms with Gasteiger partial charge in [-0.2, -0.15) is 0 Å². The van der Waals surface area contributed by atoms with Gasteiger partial charge >= 0.3 is 5.79 Å². The van der Waals surface area contributed by atoms with Gasteiger partial charge in [-0.05, 0) is 57.4 Å². The van der Waals surface area contributed by atoms with Crippen molar-refractivity contribution >= 4 is 39.2 Å². The fraction of sp³-hybridized carbons (Fsp3) is 0.455. The molecule has 13 heteroatoms. The fourth-order valence-electron chi connectivity index (χ4n) is 8.01. The number of ketones is 1. The molecule has 5 N–H and O–H groups in total. The number of carbonyl (C=O) groups excluding carboxylic acids is 2. The maximum Gasteiger partial charge on any atom is 0.312 e. The number of benzene rings is 3. The highest BCUT2D eigenvalue weighted by Crippen LogP contribution is 2.50. The molecular weight excluding hydrogens is 732 g/mol. The summed E-state index contributed by atoms with van der Waals surface area (Å²) in [4.78, 5) is 48.0. The van der Waals surface area contributed by atoms with E-state index in [0.29, 0.717) is 11.1 Å². The lowest BCUT2D eigenvalue weighted by Crippen LogP contribution is -2.44. The van der Waals surface area contributed by atoms with E-state index >= 15 is 0 Å². The molecule has 0 aromatic heterocycles. The maximum atomic E-state index is 14.6. The van der Waals surface area contributed by atoms with Crippen LogP contribution < -0.4 is 15.5 Å². The van der Waals surface area contributed by atoms with Crippen LogP contribution in [-0.2, 0) is 14.3 Å². The zero-order chi connectivity index (χ0) is 42.0. The number of aliphatic hydroxyl groups excluding tert-OH is 3. The van der Waals surface area contributed by atoms with Gasteiger partial charge in [-0.15, -0.1) is 0 Å². The number of aryl methyl sites for hydroxylation is 3. The SMILES string of the molecule is CO[C@H]1/C=C/O[C@@]2(C)Oc3c(C)c(O)c4c(=O)c(c5oc6c(C)c(C)cc(C)c6nc-5c4c3C2=O)NC(=O)/C(C)=C\C=C\[C@H](C)[C@H](O)[C@@H](C)[C@@H](O)[C@@H](C)[C@H](O)[C@@H]1C. The van der Waals surface area contributed by atoms with Crippen LogP contribution in [-0.4, -0.2) is 74.4 Å². The lowest BCUT2D eigenvalue weighted by molar-refractivity contribution is -0.112. The molecular formula is C44H52N2O11. The van der Waals surface area contributed by atoms with Crippen molar-refractivity contribution in [2.45, 2.75) is 99.4 Å². The molecule has 0 unspecified atom stereocenters. The Kier molecular flexibility index (Phi) is 11.2. The second-order valence-corrected chi connectivity index (χ2v) is 16.0. The lowest BCUT2D eigenvalue weighted by atomic mass is 9.78. The molecule has 0 saturated carbocycles. The van der Waals surface area contributed by atoms with Crippen molar-refractivity contribution in [1.29, 1.82) is 0 Å². The average Bonchev–Trinajstić information content (AvgIpc) is 3.45. The van der Waals surface area contributed by atoms with Gasteiger partial charge in [0.2, 0.25) is 5.43 Å². The van der Waals surface area contributed by atoms with Crippen LogP contribution in [0.4, 0.5) is 5.69 Å². The number of Topliss-reactive ketones (excluding diaryl/α,β-unsaturated/α-hetero) is 1. The third-order valence-corrected chi connectivity index (χ3v) is 12.1. The molecule has 0 saturated heterocycles. The fourth-order valence-corrected chi connectivity index (χ4v) is 8.01. The summed E-state index contributed by atoms with van der Waals surface area (Å²) in [7, 11) is 1.45. The number of phenolic OH excluding ortho intramolecular Hbond substituents is 1. The summed E-state index contributed by atoms with van der Waals surface area (Å²) in [6, 6.07) is 1.94. The van der Waals surface area contributed by atoms with Crippen LogP contribution >= 0.6 is 0 Å². The molecule has 1 aliphatic carbocycles.